The molecule has 1 aromatic heterocycles. The fourth-order valence-electron chi connectivity index (χ4n) is 2.14. The normalized spacial score (nSPS) is 20.1. The molecule has 0 amide bonds. The Hall–Kier alpha value is -1.64. The molecule has 3 N–H and O–H groups in total. The zero-order chi connectivity index (χ0) is 13.5. The van der Waals surface area contributed by atoms with E-state index in [0.29, 0.717) is 12.1 Å². The molecule has 0 spiro atoms. The van der Waals surface area contributed by atoms with Crippen LogP contribution in [0, 0.1) is 0 Å². The number of fused-ring (bicyclic) bond motifs is 1. The number of oxazole rings is 1. The van der Waals surface area contributed by atoms with E-state index in [2.05, 4.69) is 15.0 Å². The molecule has 2 heterocycles. The molecule has 1 aliphatic rings. The Morgan fingerprint density at radius 1 is 1.37 bits per heavy atom. The number of nitrogens with one attached hydrogen (secondary N) is 3. The van der Waals surface area contributed by atoms with E-state index in [9.17, 15) is 13.2 Å². The highest BCUT2D eigenvalue weighted by Crippen LogP contribution is 2.17. The van der Waals surface area contributed by atoms with E-state index in [-0.39, 0.29) is 16.5 Å². The number of aromatic nitrogens is 1. The Balaban J connectivity index is 1.95. The first-order valence-corrected chi connectivity index (χ1v) is 7.39. The summed E-state index contributed by atoms with van der Waals surface area (Å²) in [7, 11) is -3.59. The van der Waals surface area contributed by atoms with Crippen molar-refractivity contribution in [3.05, 3.63) is 28.7 Å². The van der Waals surface area contributed by atoms with Crippen LogP contribution in [0.4, 0.5) is 0 Å². The van der Waals surface area contributed by atoms with Gasteiger partial charge in [0.25, 0.3) is 0 Å². The largest absolute Gasteiger partial charge is 0.417 e. The van der Waals surface area contributed by atoms with E-state index in [4.69, 9.17) is 4.42 Å². The van der Waals surface area contributed by atoms with Gasteiger partial charge in [0, 0.05) is 18.7 Å². The fraction of sp³-hybridized carbons (Fsp3) is 0.364. The standard InChI is InChI=1S/C11H13N3O4S/c15-11-13-9-2-1-8(5-10(9)18-11)19(16,17)14-7-3-4-12-6-7/h1-2,5,7,12,14H,3-4,6H2,(H,13,15). The molecule has 0 bridgehead atoms. The highest BCUT2D eigenvalue weighted by molar-refractivity contribution is 7.89. The van der Waals surface area contributed by atoms with Gasteiger partial charge in [-0.05, 0) is 25.1 Å². The van der Waals surface area contributed by atoms with E-state index >= 15 is 0 Å². The maximum atomic E-state index is 12.2. The van der Waals surface area contributed by atoms with Gasteiger partial charge < -0.3 is 9.73 Å². The first-order chi connectivity index (χ1) is 9.04. The highest BCUT2D eigenvalue weighted by atomic mass is 32.2. The van der Waals surface area contributed by atoms with Crippen LogP contribution in [0.3, 0.4) is 0 Å². The van der Waals surface area contributed by atoms with E-state index in [0.717, 1.165) is 13.0 Å². The Bertz CT molecular complexity index is 756. The molecule has 0 saturated carbocycles. The Morgan fingerprint density at radius 3 is 2.95 bits per heavy atom. The topological polar surface area (TPSA) is 104 Å². The third kappa shape index (κ3) is 2.42. The molecule has 8 heteroatoms. The average molecular weight is 283 g/mol. The second kappa shape index (κ2) is 4.48. The summed E-state index contributed by atoms with van der Waals surface area (Å²) in [4.78, 5) is 13.6. The summed E-state index contributed by atoms with van der Waals surface area (Å²) in [5, 5.41) is 3.09. The summed E-state index contributed by atoms with van der Waals surface area (Å²) in [6, 6.07) is 4.21. The number of H-pyrrole nitrogens is 1. The second-order valence-electron chi connectivity index (χ2n) is 4.48. The SMILES string of the molecule is O=c1[nH]c2ccc(S(=O)(=O)NC3CCNC3)cc2o1. The lowest BCUT2D eigenvalue weighted by molar-refractivity contribution is 0.550. The summed E-state index contributed by atoms with van der Waals surface area (Å²) in [6.45, 7) is 1.43. The number of hydrogen-bond donors (Lipinski definition) is 3. The zero-order valence-corrected chi connectivity index (χ0v) is 10.8. The van der Waals surface area contributed by atoms with Gasteiger partial charge in [-0.25, -0.2) is 17.9 Å². The predicted octanol–water partition coefficient (Wildman–Crippen LogP) is -0.239. The minimum absolute atomic E-state index is 0.0923. The van der Waals surface area contributed by atoms with Crippen molar-refractivity contribution in [2.75, 3.05) is 13.1 Å². The molecule has 19 heavy (non-hydrogen) atoms. The van der Waals surface area contributed by atoms with Gasteiger partial charge in [0.2, 0.25) is 10.0 Å². The van der Waals surface area contributed by atoms with Crippen molar-refractivity contribution >= 4 is 21.1 Å². The van der Waals surface area contributed by atoms with Gasteiger partial charge in [-0.2, -0.15) is 0 Å². The van der Waals surface area contributed by atoms with Gasteiger partial charge in [0.05, 0.1) is 10.4 Å². The van der Waals surface area contributed by atoms with Crippen LogP contribution in [0.5, 0.6) is 0 Å². The number of hydrogen-bond acceptors (Lipinski definition) is 5. The predicted molar refractivity (Wildman–Crippen MR) is 68.4 cm³/mol. The van der Waals surface area contributed by atoms with Crippen LogP contribution < -0.4 is 15.8 Å². The molecule has 0 aliphatic carbocycles. The maximum absolute atomic E-state index is 12.2. The summed E-state index contributed by atoms with van der Waals surface area (Å²) in [5.41, 5.74) is 0.712. The molecule has 1 aromatic carbocycles. The van der Waals surface area contributed by atoms with Crippen LogP contribution in [0.2, 0.25) is 0 Å². The van der Waals surface area contributed by atoms with Crippen LogP contribution in [0.15, 0.2) is 32.3 Å². The zero-order valence-electron chi connectivity index (χ0n) is 9.97. The number of sulfonamides is 1. The summed E-state index contributed by atoms with van der Waals surface area (Å²) < 4.78 is 31.8. The lowest BCUT2D eigenvalue weighted by Gasteiger charge is -2.11. The minimum Gasteiger partial charge on any atom is -0.408 e. The van der Waals surface area contributed by atoms with Crippen LogP contribution in [-0.4, -0.2) is 32.5 Å². The van der Waals surface area contributed by atoms with Crippen LogP contribution >= 0.6 is 0 Å². The van der Waals surface area contributed by atoms with Gasteiger partial charge >= 0.3 is 5.76 Å². The van der Waals surface area contributed by atoms with E-state index in [1.807, 2.05) is 0 Å². The molecule has 1 saturated heterocycles. The van der Waals surface area contributed by atoms with Crippen molar-refractivity contribution in [1.82, 2.24) is 15.0 Å². The van der Waals surface area contributed by atoms with E-state index in [1.165, 1.54) is 18.2 Å². The van der Waals surface area contributed by atoms with Gasteiger partial charge in [-0.15, -0.1) is 0 Å². The Kier molecular flexibility index (Phi) is 2.92. The molecule has 1 unspecified atom stereocenters. The van der Waals surface area contributed by atoms with Gasteiger partial charge in [0.1, 0.15) is 0 Å². The van der Waals surface area contributed by atoms with Crippen LogP contribution in [0.1, 0.15) is 6.42 Å². The first kappa shape index (κ1) is 12.4. The molecule has 2 aromatic rings. The van der Waals surface area contributed by atoms with Gasteiger partial charge in [-0.3, -0.25) is 4.98 Å². The highest BCUT2D eigenvalue weighted by Gasteiger charge is 2.23. The van der Waals surface area contributed by atoms with Gasteiger partial charge in [0.15, 0.2) is 5.58 Å². The lowest BCUT2D eigenvalue weighted by atomic mass is 10.3. The molecule has 1 fully saturated rings. The van der Waals surface area contributed by atoms with Crippen molar-refractivity contribution < 1.29 is 12.8 Å². The Morgan fingerprint density at radius 2 is 2.21 bits per heavy atom. The quantitative estimate of drug-likeness (QED) is 0.721. The van der Waals surface area contributed by atoms with E-state index < -0.39 is 15.8 Å². The van der Waals surface area contributed by atoms with Crippen molar-refractivity contribution in [3.63, 3.8) is 0 Å². The minimum atomic E-state index is -3.59. The molecular weight excluding hydrogens is 270 g/mol. The smallest absolute Gasteiger partial charge is 0.408 e. The molecule has 7 nitrogen and oxygen atoms in total. The summed E-state index contributed by atoms with van der Waals surface area (Å²) in [5.74, 6) is -0.600. The van der Waals surface area contributed by atoms with Gasteiger partial charge in [-0.1, -0.05) is 0 Å². The average Bonchev–Trinajstić information content (AvgIpc) is 2.95. The molecule has 102 valence electrons. The van der Waals surface area contributed by atoms with Crippen molar-refractivity contribution in [2.45, 2.75) is 17.4 Å². The molecule has 0 radical (unpaired) electrons. The molecule has 3 rings (SSSR count). The second-order valence-corrected chi connectivity index (χ2v) is 6.20. The Labute approximate surface area is 109 Å². The third-order valence-electron chi connectivity index (χ3n) is 3.08. The van der Waals surface area contributed by atoms with E-state index in [1.54, 1.807) is 0 Å². The third-order valence-corrected chi connectivity index (χ3v) is 4.60. The van der Waals surface area contributed by atoms with Crippen LogP contribution in [0.25, 0.3) is 11.1 Å². The lowest BCUT2D eigenvalue weighted by Crippen LogP contribution is -2.36. The molecular formula is C11H13N3O4S. The van der Waals surface area contributed by atoms with Crippen molar-refractivity contribution in [2.24, 2.45) is 0 Å². The summed E-state index contributed by atoms with van der Waals surface area (Å²) in [6.07, 6.45) is 0.765. The number of rotatable bonds is 3. The molecule has 1 atom stereocenters. The van der Waals surface area contributed by atoms with Crippen molar-refractivity contribution in [1.29, 1.82) is 0 Å². The maximum Gasteiger partial charge on any atom is 0.417 e. The fourth-order valence-corrected chi connectivity index (χ4v) is 3.42. The molecule has 1 aliphatic heterocycles. The van der Waals surface area contributed by atoms with Crippen molar-refractivity contribution in [3.8, 4) is 0 Å². The summed E-state index contributed by atoms with van der Waals surface area (Å²) >= 11 is 0. The first-order valence-electron chi connectivity index (χ1n) is 5.90. The number of benzene rings is 1. The monoisotopic (exact) mass is 283 g/mol. The van der Waals surface area contributed by atoms with Crippen LogP contribution in [-0.2, 0) is 10.0 Å². The number of aromatic amines is 1.